The average molecular weight is 240 g/mol. The molecule has 0 aromatic rings. The van der Waals surface area contributed by atoms with E-state index < -0.39 is 0 Å². The van der Waals surface area contributed by atoms with Crippen LogP contribution in [-0.2, 0) is 0 Å². The highest BCUT2D eigenvalue weighted by atomic mass is 15.2. The molecule has 2 nitrogen and oxygen atoms in total. The highest BCUT2D eigenvalue weighted by molar-refractivity contribution is 4.81. The molecule has 0 aromatic carbocycles. The topological polar surface area (TPSA) is 15.3 Å². The summed E-state index contributed by atoms with van der Waals surface area (Å²) in [5.41, 5.74) is 0. The number of likely N-dealkylation sites (tertiary alicyclic amines) is 1. The molecule has 17 heavy (non-hydrogen) atoms. The van der Waals surface area contributed by atoms with Gasteiger partial charge in [0.15, 0.2) is 0 Å². The third-order valence-electron chi connectivity index (χ3n) is 3.81. The van der Waals surface area contributed by atoms with Gasteiger partial charge in [0.1, 0.15) is 0 Å². The predicted molar refractivity (Wildman–Crippen MR) is 76.5 cm³/mol. The molecule has 1 atom stereocenters. The number of hydrogen-bond acceptors (Lipinski definition) is 2. The first-order valence-corrected chi connectivity index (χ1v) is 7.71. The van der Waals surface area contributed by atoms with Crippen LogP contribution in [-0.4, -0.2) is 36.6 Å². The van der Waals surface area contributed by atoms with E-state index in [0.29, 0.717) is 6.04 Å². The number of unbranched alkanes of at least 4 members (excludes halogenated alkanes) is 4. The van der Waals surface area contributed by atoms with Crippen molar-refractivity contribution in [3.63, 3.8) is 0 Å². The largest absolute Gasteiger partial charge is 0.313 e. The molecule has 1 fully saturated rings. The summed E-state index contributed by atoms with van der Waals surface area (Å²) in [6, 6.07) is 1.44. The molecule has 0 saturated carbocycles. The lowest BCUT2D eigenvalue weighted by atomic mass is 10.1. The van der Waals surface area contributed by atoms with E-state index >= 15 is 0 Å². The molecule has 1 unspecified atom stereocenters. The number of nitrogens with zero attached hydrogens (tertiary/aromatic N) is 1. The molecule has 0 aliphatic carbocycles. The SMILES string of the molecule is CCCCCCCN1CCCC1CNC(C)C. The van der Waals surface area contributed by atoms with E-state index in [2.05, 4.69) is 31.0 Å². The summed E-state index contributed by atoms with van der Waals surface area (Å²) in [5.74, 6) is 0. The van der Waals surface area contributed by atoms with Crippen LogP contribution >= 0.6 is 0 Å². The fourth-order valence-electron chi connectivity index (χ4n) is 2.71. The highest BCUT2D eigenvalue weighted by Gasteiger charge is 2.23. The fourth-order valence-corrected chi connectivity index (χ4v) is 2.71. The molecule has 1 saturated heterocycles. The molecule has 1 aliphatic heterocycles. The second-order valence-electron chi connectivity index (χ2n) is 5.81. The molecule has 102 valence electrons. The molecular formula is C15H32N2. The van der Waals surface area contributed by atoms with Crippen molar-refractivity contribution in [2.75, 3.05) is 19.6 Å². The Labute approximate surface area is 108 Å². The lowest BCUT2D eigenvalue weighted by molar-refractivity contribution is 0.238. The summed E-state index contributed by atoms with van der Waals surface area (Å²) in [5, 5.41) is 3.59. The van der Waals surface area contributed by atoms with Crippen LogP contribution in [0.3, 0.4) is 0 Å². The monoisotopic (exact) mass is 240 g/mol. The third-order valence-corrected chi connectivity index (χ3v) is 3.81. The number of rotatable bonds is 9. The molecule has 0 bridgehead atoms. The second kappa shape index (κ2) is 8.93. The molecule has 0 radical (unpaired) electrons. The minimum absolute atomic E-state index is 0.627. The number of nitrogens with one attached hydrogen (secondary N) is 1. The van der Waals surface area contributed by atoms with E-state index in [0.717, 1.165) is 6.04 Å². The van der Waals surface area contributed by atoms with Crippen LogP contribution in [0.5, 0.6) is 0 Å². The van der Waals surface area contributed by atoms with E-state index in [1.165, 1.54) is 64.6 Å². The van der Waals surface area contributed by atoms with E-state index in [4.69, 9.17) is 0 Å². The summed E-state index contributed by atoms with van der Waals surface area (Å²) < 4.78 is 0. The normalized spacial score (nSPS) is 21.5. The zero-order valence-corrected chi connectivity index (χ0v) is 12.2. The summed E-state index contributed by atoms with van der Waals surface area (Å²) >= 11 is 0. The Bertz CT molecular complexity index is 180. The van der Waals surface area contributed by atoms with Crippen LogP contribution in [0, 0.1) is 0 Å². The van der Waals surface area contributed by atoms with Crippen LogP contribution in [0.25, 0.3) is 0 Å². The maximum absolute atomic E-state index is 3.59. The smallest absolute Gasteiger partial charge is 0.0221 e. The van der Waals surface area contributed by atoms with Crippen molar-refractivity contribution >= 4 is 0 Å². The van der Waals surface area contributed by atoms with Crippen molar-refractivity contribution in [2.45, 2.75) is 77.8 Å². The van der Waals surface area contributed by atoms with E-state index in [1.807, 2.05) is 0 Å². The summed E-state index contributed by atoms with van der Waals surface area (Å²) in [6.07, 6.45) is 9.82. The van der Waals surface area contributed by atoms with Gasteiger partial charge in [-0.1, -0.05) is 46.5 Å². The zero-order valence-electron chi connectivity index (χ0n) is 12.2. The Morgan fingerprint density at radius 3 is 2.65 bits per heavy atom. The van der Waals surface area contributed by atoms with Gasteiger partial charge in [-0.25, -0.2) is 0 Å². The Morgan fingerprint density at radius 1 is 1.18 bits per heavy atom. The minimum atomic E-state index is 0.627. The van der Waals surface area contributed by atoms with Gasteiger partial charge in [0, 0.05) is 18.6 Å². The molecule has 0 aromatic heterocycles. The van der Waals surface area contributed by atoms with Gasteiger partial charge in [0.2, 0.25) is 0 Å². The molecule has 1 N–H and O–H groups in total. The highest BCUT2D eigenvalue weighted by Crippen LogP contribution is 2.17. The zero-order chi connectivity index (χ0) is 12.5. The van der Waals surface area contributed by atoms with Gasteiger partial charge in [-0.05, 0) is 32.4 Å². The summed E-state index contributed by atoms with van der Waals surface area (Å²) in [6.45, 7) is 10.6. The van der Waals surface area contributed by atoms with Crippen LogP contribution < -0.4 is 5.32 Å². The standard InChI is InChI=1S/C15H32N2/c1-4-5-6-7-8-11-17-12-9-10-15(17)13-16-14(2)3/h14-16H,4-13H2,1-3H3. The van der Waals surface area contributed by atoms with Crippen molar-refractivity contribution in [2.24, 2.45) is 0 Å². The lowest BCUT2D eigenvalue weighted by Gasteiger charge is -2.25. The van der Waals surface area contributed by atoms with Crippen molar-refractivity contribution in [1.82, 2.24) is 10.2 Å². The van der Waals surface area contributed by atoms with Crippen molar-refractivity contribution < 1.29 is 0 Å². The van der Waals surface area contributed by atoms with Gasteiger partial charge in [0.05, 0.1) is 0 Å². The van der Waals surface area contributed by atoms with Crippen LogP contribution in [0.15, 0.2) is 0 Å². The van der Waals surface area contributed by atoms with Crippen molar-refractivity contribution in [3.05, 3.63) is 0 Å². The lowest BCUT2D eigenvalue weighted by Crippen LogP contribution is -2.40. The molecule has 1 aliphatic rings. The maximum Gasteiger partial charge on any atom is 0.0221 e. The van der Waals surface area contributed by atoms with Crippen molar-refractivity contribution in [3.8, 4) is 0 Å². The summed E-state index contributed by atoms with van der Waals surface area (Å²) in [7, 11) is 0. The first kappa shape index (κ1) is 15.0. The average Bonchev–Trinajstić information content (AvgIpc) is 2.73. The van der Waals surface area contributed by atoms with Gasteiger partial charge >= 0.3 is 0 Å². The van der Waals surface area contributed by atoms with Gasteiger partial charge in [-0.3, -0.25) is 4.90 Å². The van der Waals surface area contributed by atoms with Gasteiger partial charge < -0.3 is 5.32 Å². The third kappa shape index (κ3) is 6.42. The van der Waals surface area contributed by atoms with Crippen LogP contribution in [0.1, 0.15) is 65.7 Å². The minimum Gasteiger partial charge on any atom is -0.313 e. The second-order valence-corrected chi connectivity index (χ2v) is 5.81. The Balaban J connectivity index is 2.09. The molecule has 1 rings (SSSR count). The first-order valence-electron chi connectivity index (χ1n) is 7.71. The van der Waals surface area contributed by atoms with Crippen LogP contribution in [0.2, 0.25) is 0 Å². The quantitative estimate of drug-likeness (QED) is 0.621. The Hall–Kier alpha value is -0.0800. The molecule has 0 spiro atoms. The van der Waals surface area contributed by atoms with Crippen molar-refractivity contribution in [1.29, 1.82) is 0 Å². The maximum atomic E-state index is 3.59. The Morgan fingerprint density at radius 2 is 1.94 bits per heavy atom. The van der Waals surface area contributed by atoms with E-state index in [1.54, 1.807) is 0 Å². The van der Waals surface area contributed by atoms with Gasteiger partial charge in [-0.2, -0.15) is 0 Å². The molecule has 2 heteroatoms. The van der Waals surface area contributed by atoms with E-state index in [9.17, 15) is 0 Å². The van der Waals surface area contributed by atoms with Gasteiger partial charge in [0.25, 0.3) is 0 Å². The van der Waals surface area contributed by atoms with E-state index in [-0.39, 0.29) is 0 Å². The summed E-state index contributed by atoms with van der Waals surface area (Å²) in [4.78, 5) is 2.71. The number of hydrogen-bond donors (Lipinski definition) is 1. The van der Waals surface area contributed by atoms with Crippen LogP contribution in [0.4, 0.5) is 0 Å². The fraction of sp³-hybridized carbons (Fsp3) is 1.00. The first-order chi connectivity index (χ1) is 8.24. The van der Waals surface area contributed by atoms with Gasteiger partial charge in [-0.15, -0.1) is 0 Å². The molecular weight excluding hydrogens is 208 g/mol. The molecule has 0 amide bonds. The predicted octanol–water partition coefficient (Wildman–Crippen LogP) is 3.42. The molecule has 1 heterocycles. The Kier molecular flexibility index (Phi) is 7.87.